The van der Waals surface area contributed by atoms with Gasteiger partial charge in [0.05, 0.1) is 11.6 Å². The molecule has 0 amide bonds. The first kappa shape index (κ1) is 9.02. The fraction of sp³-hybridized carbons (Fsp3) is 0.100. The van der Waals surface area contributed by atoms with E-state index in [4.69, 9.17) is 5.26 Å². The Morgan fingerprint density at radius 1 is 1.50 bits per heavy atom. The van der Waals surface area contributed by atoms with Gasteiger partial charge in [-0.15, -0.1) is 0 Å². The van der Waals surface area contributed by atoms with E-state index in [1.54, 1.807) is 6.07 Å². The van der Waals surface area contributed by atoms with E-state index in [0.29, 0.717) is 5.56 Å². The maximum absolute atomic E-state index is 8.60. The summed E-state index contributed by atoms with van der Waals surface area (Å²) in [6.45, 7) is 0. The van der Waals surface area contributed by atoms with Gasteiger partial charge in [0.1, 0.15) is 0 Å². The van der Waals surface area contributed by atoms with Gasteiger partial charge < -0.3 is 0 Å². The van der Waals surface area contributed by atoms with Crippen LogP contribution in [-0.2, 0) is 0 Å². The van der Waals surface area contributed by atoms with Crippen LogP contribution in [0.5, 0.6) is 0 Å². The van der Waals surface area contributed by atoms with Gasteiger partial charge in [0.25, 0.3) is 0 Å². The Bertz CT molecular complexity index is 323. The molecule has 0 aliphatic carbocycles. The van der Waals surface area contributed by atoms with Gasteiger partial charge in [0.15, 0.2) is 0 Å². The average molecular weight is 222 g/mol. The minimum absolute atomic E-state index is 0.701. The van der Waals surface area contributed by atoms with E-state index in [2.05, 4.69) is 22.0 Å². The zero-order valence-corrected chi connectivity index (χ0v) is 8.08. The van der Waals surface area contributed by atoms with Crippen molar-refractivity contribution in [3.63, 3.8) is 0 Å². The minimum Gasteiger partial charge on any atom is -0.192 e. The number of rotatable bonds is 2. The summed E-state index contributed by atoms with van der Waals surface area (Å²) in [4.78, 5) is 0. The Labute approximate surface area is 80.5 Å². The summed E-state index contributed by atoms with van der Waals surface area (Å²) in [5.74, 6) is 0. The second-order valence-corrected chi connectivity index (χ2v) is 2.94. The molecule has 60 valence electrons. The highest BCUT2D eigenvalue weighted by Crippen LogP contribution is 2.05. The van der Waals surface area contributed by atoms with E-state index in [9.17, 15) is 0 Å². The number of alkyl halides is 1. The Morgan fingerprint density at radius 3 is 3.00 bits per heavy atom. The lowest BCUT2D eigenvalue weighted by molar-refractivity contribution is 1.48. The fourth-order valence-corrected chi connectivity index (χ4v) is 1.08. The van der Waals surface area contributed by atoms with E-state index in [-0.39, 0.29) is 0 Å². The fourth-order valence-electron chi connectivity index (χ4n) is 0.893. The van der Waals surface area contributed by atoms with Crippen LogP contribution in [0.25, 0.3) is 6.08 Å². The predicted molar refractivity (Wildman–Crippen MR) is 54.0 cm³/mol. The predicted octanol–water partition coefficient (Wildman–Crippen LogP) is 2.97. The number of allylic oxidation sites excluding steroid dienone is 1. The van der Waals surface area contributed by atoms with Crippen LogP contribution in [-0.4, -0.2) is 5.33 Å². The van der Waals surface area contributed by atoms with Crippen LogP contribution in [0.2, 0.25) is 0 Å². The highest BCUT2D eigenvalue weighted by Gasteiger charge is 1.89. The standard InChI is InChI=1S/C10H8BrN/c11-6-2-5-9-3-1-4-10(7-9)8-12/h1-5,7H,6H2/b5-2+. The van der Waals surface area contributed by atoms with Gasteiger partial charge in [-0.3, -0.25) is 0 Å². The number of benzene rings is 1. The maximum atomic E-state index is 8.60. The molecule has 1 aromatic carbocycles. The highest BCUT2D eigenvalue weighted by atomic mass is 79.9. The van der Waals surface area contributed by atoms with Crippen LogP contribution < -0.4 is 0 Å². The van der Waals surface area contributed by atoms with E-state index >= 15 is 0 Å². The molecule has 1 aromatic rings. The highest BCUT2D eigenvalue weighted by molar-refractivity contribution is 9.09. The molecule has 0 radical (unpaired) electrons. The lowest BCUT2D eigenvalue weighted by Crippen LogP contribution is -1.75. The molecule has 0 spiro atoms. The molecule has 0 fully saturated rings. The summed E-state index contributed by atoms with van der Waals surface area (Å²) in [6, 6.07) is 9.61. The molecule has 2 heteroatoms. The van der Waals surface area contributed by atoms with Crippen LogP contribution in [0.4, 0.5) is 0 Å². The Kier molecular flexibility index (Phi) is 3.56. The normalized spacial score (nSPS) is 10.0. The van der Waals surface area contributed by atoms with Gasteiger partial charge >= 0.3 is 0 Å². The van der Waals surface area contributed by atoms with Crippen LogP contribution >= 0.6 is 15.9 Å². The smallest absolute Gasteiger partial charge is 0.0991 e. The molecule has 0 aliphatic rings. The van der Waals surface area contributed by atoms with Gasteiger partial charge in [0, 0.05) is 5.33 Å². The largest absolute Gasteiger partial charge is 0.192 e. The zero-order valence-electron chi connectivity index (χ0n) is 6.50. The van der Waals surface area contributed by atoms with Crippen molar-refractivity contribution in [1.82, 2.24) is 0 Å². The Balaban J connectivity index is 2.88. The monoisotopic (exact) mass is 221 g/mol. The van der Waals surface area contributed by atoms with Crippen molar-refractivity contribution in [2.75, 3.05) is 5.33 Å². The third-order valence-corrected chi connectivity index (χ3v) is 1.79. The topological polar surface area (TPSA) is 23.8 Å². The molecule has 0 saturated carbocycles. The van der Waals surface area contributed by atoms with Gasteiger partial charge in [-0.25, -0.2) is 0 Å². The van der Waals surface area contributed by atoms with Crippen LogP contribution in [0.1, 0.15) is 11.1 Å². The van der Waals surface area contributed by atoms with Crippen LogP contribution in [0.15, 0.2) is 30.3 Å². The van der Waals surface area contributed by atoms with Crippen molar-refractivity contribution in [1.29, 1.82) is 5.26 Å². The van der Waals surface area contributed by atoms with E-state index in [1.807, 2.05) is 30.4 Å². The van der Waals surface area contributed by atoms with Crippen molar-refractivity contribution < 1.29 is 0 Å². The second kappa shape index (κ2) is 4.74. The number of hydrogen-bond donors (Lipinski definition) is 0. The van der Waals surface area contributed by atoms with Crippen molar-refractivity contribution >= 4 is 22.0 Å². The SMILES string of the molecule is N#Cc1cccc(/C=C/CBr)c1. The third kappa shape index (κ3) is 2.52. The molecule has 0 unspecified atom stereocenters. The van der Waals surface area contributed by atoms with Gasteiger partial charge in [-0.05, 0) is 17.7 Å². The van der Waals surface area contributed by atoms with Crippen molar-refractivity contribution in [3.05, 3.63) is 41.5 Å². The van der Waals surface area contributed by atoms with E-state index in [0.717, 1.165) is 10.9 Å². The maximum Gasteiger partial charge on any atom is 0.0991 e. The number of nitriles is 1. The first-order valence-electron chi connectivity index (χ1n) is 3.59. The van der Waals surface area contributed by atoms with Crippen molar-refractivity contribution in [2.45, 2.75) is 0 Å². The van der Waals surface area contributed by atoms with E-state index < -0.39 is 0 Å². The van der Waals surface area contributed by atoms with Crippen LogP contribution in [0, 0.1) is 11.3 Å². The van der Waals surface area contributed by atoms with Gasteiger partial charge in [0.2, 0.25) is 0 Å². The molecular formula is C10H8BrN. The molecule has 12 heavy (non-hydrogen) atoms. The quantitative estimate of drug-likeness (QED) is 0.705. The molecular weight excluding hydrogens is 214 g/mol. The van der Waals surface area contributed by atoms with E-state index in [1.165, 1.54) is 0 Å². The summed E-state index contributed by atoms with van der Waals surface area (Å²) in [5.41, 5.74) is 1.76. The summed E-state index contributed by atoms with van der Waals surface area (Å²) in [7, 11) is 0. The summed E-state index contributed by atoms with van der Waals surface area (Å²) in [6.07, 6.45) is 3.98. The first-order valence-corrected chi connectivity index (χ1v) is 4.71. The minimum atomic E-state index is 0.701. The molecule has 0 heterocycles. The first-order chi connectivity index (χ1) is 5.86. The third-order valence-electron chi connectivity index (χ3n) is 1.42. The second-order valence-electron chi connectivity index (χ2n) is 2.29. The number of nitrogens with zero attached hydrogens (tertiary/aromatic N) is 1. The van der Waals surface area contributed by atoms with Gasteiger partial charge in [-0.1, -0.05) is 40.2 Å². The number of hydrogen-bond acceptors (Lipinski definition) is 1. The molecule has 0 atom stereocenters. The average Bonchev–Trinajstić information content (AvgIpc) is 2.15. The number of halogens is 1. The molecule has 0 aromatic heterocycles. The lowest BCUT2D eigenvalue weighted by Gasteiger charge is -1.92. The van der Waals surface area contributed by atoms with Crippen molar-refractivity contribution in [3.8, 4) is 6.07 Å². The Morgan fingerprint density at radius 2 is 2.33 bits per heavy atom. The summed E-state index contributed by atoms with van der Waals surface area (Å²) in [5, 5.41) is 9.44. The molecule has 1 nitrogen and oxygen atoms in total. The lowest BCUT2D eigenvalue weighted by atomic mass is 10.1. The molecule has 0 N–H and O–H groups in total. The zero-order chi connectivity index (χ0) is 8.81. The van der Waals surface area contributed by atoms with Gasteiger partial charge in [-0.2, -0.15) is 5.26 Å². The summed E-state index contributed by atoms with van der Waals surface area (Å²) >= 11 is 3.29. The van der Waals surface area contributed by atoms with Crippen molar-refractivity contribution in [2.24, 2.45) is 0 Å². The Hall–Kier alpha value is -1.07. The molecule has 0 saturated heterocycles. The molecule has 0 bridgehead atoms. The van der Waals surface area contributed by atoms with Crippen LogP contribution in [0.3, 0.4) is 0 Å². The molecule has 1 rings (SSSR count). The summed E-state index contributed by atoms with van der Waals surface area (Å²) < 4.78 is 0. The molecule has 0 aliphatic heterocycles.